The van der Waals surface area contributed by atoms with Crippen LogP contribution in [0.5, 0.6) is 0 Å². The Kier molecular flexibility index (Phi) is 10.5. The van der Waals surface area contributed by atoms with Crippen LogP contribution in [-0.4, -0.2) is 86.8 Å². The molecular weight excluding hydrogens is 540 g/mol. The van der Waals surface area contributed by atoms with Crippen LogP contribution in [-0.2, 0) is 49.4 Å². The van der Waals surface area contributed by atoms with Crippen molar-refractivity contribution in [2.24, 2.45) is 0 Å². The number of methoxy groups -OCH3 is 1. The minimum atomic E-state index is -3.82. The average Bonchev–Trinajstić information content (AvgIpc) is 3.35. The Labute approximate surface area is 235 Å². The first-order chi connectivity index (χ1) is 18.9. The standard InChI is InChI=1S/C28H35ClN4O5S/c1-37-16-15-33-25(20-30-28(33)39(35,36)22-24-9-5-6-10-26(24)29)21-32(12-11-31-13-17-38-18-14-31)27(34)19-23-7-3-2-4-8-23/h2-10,20H,11-19,21-22H2,1H3. The highest BCUT2D eigenvalue weighted by Crippen LogP contribution is 2.23. The van der Waals surface area contributed by atoms with E-state index in [1.54, 1.807) is 47.0 Å². The Morgan fingerprint density at radius 2 is 1.79 bits per heavy atom. The average molecular weight is 575 g/mol. The topological polar surface area (TPSA) is 94.0 Å². The molecule has 0 radical (unpaired) electrons. The van der Waals surface area contributed by atoms with E-state index in [1.165, 1.54) is 0 Å². The summed E-state index contributed by atoms with van der Waals surface area (Å²) in [6.07, 6.45) is 1.81. The summed E-state index contributed by atoms with van der Waals surface area (Å²) in [6, 6.07) is 16.5. The second kappa shape index (κ2) is 14.0. The Morgan fingerprint density at radius 1 is 1.08 bits per heavy atom. The Balaban J connectivity index is 1.59. The molecule has 9 nitrogen and oxygen atoms in total. The van der Waals surface area contributed by atoms with Crippen LogP contribution in [0.4, 0.5) is 0 Å². The second-order valence-electron chi connectivity index (χ2n) is 9.46. The molecule has 4 rings (SSSR count). The van der Waals surface area contributed by atoms with Crippen molar-refractivity contribution in [2.45, 2.75) is 30.4 Å². The fourth-order valence-electron chi connectivity index (χ4n) is 4.53. The lowest BCUT2D eigenvalue weighted by Crippen LogP contribution is -2.43. The molecule has 0 spiro atoms. The summed E-state index contributed by atoms with van der Waals surface area (Å²) in [7, 11) is -2.26. The summed E-state index contributed by atoms with van der Waals surface area (Å²) < 4.78 is 39.3. The van der Waals surface area contributed by atoms with Crippen molar-refractivity contribution in [3.63, 3.8) is 0 Å². The van der Waals surface area contributed by atoms with Crippen molar-refractivity contribution in [2.75, 3.05) is 53.1 Å². The molecule has 0 aliphatic carbocycles. The molecule has 0 N–H and O–H groups in total. The number of aromatic nitrogens is 2. The quantitative estimate of drug-likeness (QED) is 0.310. The van der Waals surface area contributed by atoms with E-state index in [-0.39, 0.29) is 36.3 Å². The molecule has 1 aliphatic rings. The minimum absolute atomic E-state index is 0.0329. The van der Waals surface area contributed by atoms with Crippen LogP contribution in [0.1, 0.15) is 16.8 Å². The lowest BCUT2D eigenvalue weighted by molar-refractivity contribution is -0.131. The van der Waals surface area contributed by atoms with Crippen LogP contribution in [0.2, 0.25) is 5.02 Å². The second-order valence-corrected chi connectivity index (χ2v) is 11.7. The predicted octanol–water partition coefficient (Wildman–Crippen LogP) is 3.06. The van der Waals surface area contributed by atoms with Crippen molar-refractivity contribution in [1.82, 2.24) is 19.4 Å². The smallest absolute Gasteiger partial charge is 0.228 e. The van der Waals surface area contributed by atoms with E-state index in [0.29, 0.717) is 49.2 Å². The van der Waals surface area contributed by atoms with Crippen molar-refractivity contribution in [3.8, 4) is 0 Å². The van der Waals surface area contributed by atoms with Crippen molar-refractivity contribution in [3.05, 3.63) is 82.6 Å². The Morgan fingerprint density at radius 3 is 2.51 bits per heavy atom. The largest absolute Gasteiger partial charge is 0.383 e. The number of hydrogen-bond acceptors (Lipinski definition) is 7. The summed E-state index contributed by atoms with van der Waals surface area (Å²) in [5.41, 5.74) is 2.06. The zero-order chi connectivity index (χ0) is 27.7. The molecule has 0 bridgehead atoms. The Hall–Kier alpha value is -2.76. The van der Waals surface area contributed by atoms with Gasteiger partial charge in [0.15, 0.2) is 0 Å². The molecule has 39 heavy (non-hydrogen) atoms. The fraction of sp³-hybridized carbons (Fsp3) is 0.429. The monoisotopic (exact) mass is 574 g/mol. The first-order valence-corrected chi connectivity index (χ1v) is 15.0. The number of benzene rings is 2. The first-order valence-electron chi connectivity index (χ1n) is 13.0. The number of hydrogen-bond donors (Lipinski definition) is 0. The number of amides is 1. The molecule has 0 unspecified atom stereocenters. The van der Waals surface area contributed by atoms with Crippen molar-refractivity contribution >= 4 is 27.3 Å². The van der Waals surface area contributed by atoms with Gasteiger partial charge in [-0.05, 0) is 17.2 Å². The molecule has 0 saturated carbocycles. The molecule has 0 atom stereocenters. The van der Waals surface area contributed by atoms with Crippen LogP contribution < -0.4 is 0 Å². The summed E-state index contributed by atoms with van der Waals surface area (Å²) in [5.74, 6) is -0.307. The van der Waals surface area contributed by atoms with E-state index in [2.05, 4.69) is 9.88 Å². The van der Waals surface area contributed by atoms with Gasteiger partial charge in [-0.2, -0.15) is 0 Å². The molecule has 3 aromatic rings. The third-order valence-electron chi connectivity index (χ3n) is 6.70. The van der Waals surface area contributed by atoms with E-state index >= 15 is 0 Å². The lowest BCUT2D eigenvalue weighted by atomic mass is 10.1. The maximum atomic E-state index is 13.5. The van der Waals surface area contributed by atoms with E-state index in [4.69, 9.17) is 21.1 Å². The minimum Gasteiger partial charge on any atom is -0.383 e. The molecule has 1 fully saturated rings. The maximum Gasteiger partial charge on any atom is 0.228 e. The summed E-state index contributed by atoms with van der Waals surface area (Å²) in [4.78, 5) is 21.9. The van der Waals surface area contributed by atoms with E-state index in [0.717, 1.165) is 18.7 Å². The van der Waals surface area contributed by atoms with Crippen molar-refractivity contribution < 1.29 is 22.7 Å². The van der Waals surface area contributed by atoms with Gasteiger partial charge in [0.05, 0.1) is 50.4 Å². The molecule has 1 saturated heterocycles. The number of sulfone groups is 1. The van der Waals surface area contributed by atoms with Gasteiger partial charge in [0.25, 0.3) is 0 Å². The number of ether oxygens (including phenoxy) is 2. The van der Waals surface area contributed by atoms with Gasteiger partial charge >= 0.3 is 0 Å². The van der Waals surface area contributed by atoms with Gasteiger partial charge in [0.1, 0.15) is 0 Å². The van der Waals surface area contributed by atoms with Crippen LogP contribution in [0.25, 0.3) is 0 Å². The van der Waals surface area contributed by atoms with Crippen molar-refractivity contribution in [1.29, 1.82) is 0 Å². The highest BCUT2D eigenvalue weighted by atomic mass is 35.5. The number of nitrogens with zero attached hydrogens (tertiary/aromatic N) is 4. The molecule has 1 amide bonds. The van der Waals surface area contributed by atoms with Crippen LogP contribution in [0.3, 0.4) is 0 Å². The first kappa shape index (κ1) is 29.2. The van der Waals surface area contributed by atoms with Crippen LogP contribution in [0, 0.1) is 0 Å². The van der Waals surface area contributed by atoms with Crippen LogP contribution in [0.15, 0.2) is 66.0 Å². The van der Waals surface area contributed by atoms with Gasteiger partial charge in [-0.1, -0.05) is 60.1 Å². The predicted molar refractivity (Wildman–Crippen MR) is 149 cm³/mol. The molecule has 1 aromatic heterocycles. The van der Waals surface area contributed by atoms with Gasteiger partial charge in [-0.25, -0.2) is 13.4 Å². The highest BCUT2D eigenvalue weighted by Gasteiger charge is 2.26. The number of carbonyl (C=O) groups excluding carboxylic acids is 1. The van der Waals surface area contributed by atoms with Gasteiger partial charge in [0, 0.05) is 44.9 Å². The van der Waals surface area contributed by atoms with E-state index in [1.807, 2.05) is 30.3 Å². The van der Waals surface area contributed by atoms with Gasteiger partial charge in [-0.3, -0.25) is 9.69 Å². The summed E-state index contributed by atoms with van der Waals surface area (Å²) >= 11 is 6.25. The zero-order valence-electron chi connectivity index (χ0n) is 22.2. The van der Waals surface area contributed by atoms with E-state index < -0.39 is 9.84 Å². The van der Waals surface area contributed by atoms with E-state index in [9.17, 15) is 13.2 Å². The molecular formula is C28H35ClN4O5S. The molecule has 11 heteroatoms. The Bertz CT molecular complexity index is 1330. The molecule has 2 aromatic carbocycles. The third-order valence-corrected chi connectivity index (χ3v) is 8.64. The number of imidazole rings is 1. The molecule has 1 aliphatic heterocycles. The normalized spacial score (nSPS) is 14.4. The zero-order valence-corrected chi connectivity index (χ0v) is 23.7. The lowest BCUT2D eigenvalue weighted by Gasteiger charge is -2.30. The summed E-state index contributed by atoms with van der Waals surface area (Å²) in [6.45, 7) is 5.00. The van der Waals surface area contributed by atoms with Gasteiger partial charge in [-0.15, -0.1) is 0 Å². The summed E-state index contributed by atoms with van der Waals surface area (Å²) in [5, 5.41) is 0.329. The molecule has 210 valence electrons. The number of carbonyl (C=O) groups is 1. The maximum absolute atomic E-state index is 13.5. The van der Waals surface area contributed by atoms with Gasteiger partial charge < -0.3 is 18.9 Å². The van der Waals surface area contributed by atoms with Gasteiger partial charge in [0.2, 0.25) is 20.9 Å². The highest BCUT2D eigenvalue weighted by molar-refractivity contribution is 7.90. The SMILES string of the molecule is COCCn1c(CN(CCN2CCOCC2)C(=O)Cc2ccccc2)cnc1S(=O)(=O)Cc1ccccc1Cl. The number of morpholine rings is 1. The van der Waals surface area contributed by atoms with Crippen LogP contribution >= 0.6 is 11.6 Å². The number of rotatable bonds is 13. The number of halogens is 1. The fourth-order valence-corrected chi connectivity index (χ4v) is 6.36. The molecule has 2 heterocycles. The third kappa shape index (κ3) is 8.12.